The molecular weight excluding hydrogens is 377 g/mol. The summed E-state index contributed by atoms with van der Waals surface area (Å²) in [5.74, 6) is -0.329. The predicted molar refractivity (Wildman–Crippen MR) is 110 cm³/mol. The molecule has 2 aromatic carbocycles. The Morgan fingerprint density at radius 1 is 1.25 bits per heavy atom. The first kappa shape index (κ1) is 19.0. The zero-order valence-electron chi connectivity index (χ0n) is 15.7. The van der Waals surface area contributed by atoms with Crippen molar-refractivity contribution in [3.8, 4) is 0 Å². The zero-order chi connectivity index (χ0) is 19.7. The number of rotatable bonds is 3. The van der Waals surface area contributed by atoms with Gasteiger partial charge in [0.2, 0.25) is 0 Å². The maximum absolute atomic E-state index is 14.5. The van der Waals surface area contributed by atoms with Gasteiger partial charge in [0.25, 0.3) is 0 Å². The van der Waals surface area contributed by atoms with Gasteiger partial charge in [-0.25, -0.2) is 9.18 Å². The highest BCUT2D eigenvalue weighted by Crippen LogP contribution is 2.37. The molecule has 2 aliphatic rings. The van der Waals surface area contributed by atoms with Crippen LogP contribution in [-0.2, 0) is 0 Å². The molecule has 28 heavy (non-hydrogen) atoms. The molecule has 4 rings (SSSR count). The maximum Gasteiger partial charge on any atom is 0.321 e. The van der Waals surface area contributed by atoms with Crippen molar-refractivity contribution < 1.29 is 9.18 Å². The first-order valence-electron chi connectivity index (χ1n) is 9.50. The molecule has 2 aliphatic heterocycles. The third kappa shape index (κ3) is 3.64. The summed E-state index contributed by atoms with van der Waals surface area (Å²) < 4.78 is 14.5. The molecule has 0 saturated carbocycles. The number of hydrogen-bond donors (Lipinski definition) is 1. The van der Waals surface area contributed by atoms with E-state index in [-0.39, 0.29) is 23.9 Å². The summed E-state index contributed by atoms with van der Waals surface area (Å²) in [6.45, 7) is 2.07. The van der Waals surface area contributed by atoms with Crippen LogP contribution in [0.4, 0.5) is 9.18 Å². The Morgan fingerprint density at radius 3 is 2.75 bits per heavy atom. The van der Waals surface area contributed by atoms with Crippen LogP contribution in [0, 0.1) is 5.82 Å². The largest absolute Gasteiger partial charge is 0.323 e. The van der Waals surface area contributed by atoms with Crippen molar-refractivity contribution in [2.45, 2.75) is 18.5 Å². The second-order valence-electron chi connectivity index (χ2n) is 7.34. The van der Waals surface area contributed by atoms with Gasteiger partial charge in [-0.3, -0.25) is 0 Å². The first-order valence-corrected chi connectivity index (χ1v) is 9.87. The topological polar surface area (TPSA) is 35.6 Å². The normalized spacial score (nSPS) is 21.7. The number of nitrogens with zero attached hydrogens (tertiary/aromatic N) is 2. The number of halogens is 2. The van der Waals surface area contributed by atoms with E-state index in [0.717, 1.165) is 30.6 Å². The van der Waals surface area contributed by atoms with Gasteiger partial charge in [-0.05, 0) is 42.3 Å². The molecule has 0 radical (unpaired) electrons. The first-order chi connectivity index (χ1) is 13.5. The number of carbonyl (C=O) groups is 1. The lowest BCUT2D eigenvalue weighted by Crippen LogP contribution is -2.46. The second-order valence-corrected chi connectivity index (χ2v) is 7.78. The van der Waals surface area contributed by atoms with Crippen LogP contribution in [0.5, 0.6) is 0 Å². The fourth-order valence-electron chi connectivity index (χ4n) is 3.98. The van der Waals surface area contributed by atoms with E-state index in [1.54, 1.807) is 11.0 Å². The van der Waals surface area contributed by atoms with Crippen molar-refractivity contribution in [2.75, 3.05) is 26.7 Å². The molecule has 0 aliphatic carbocycles. The van der Waals surface area contributed by atoms with Crippen molar-refractivity contribution in [3.63, 3.8) is 0 Å². The Morgan fingerprint density at radius 2 is 2.04 bits per heavy atom. The molecule has 0 unspecified atom stereocenters. The number of nitrogens with one attached hydrogen (secondary N) is 1. The number of urea groups is 1. The van der Waals surface area contributed by atoms with E-state index in [2.05, 4.69) is 5.32 Å². The summed E-state index contributed by atoms with van der Waals surface area (Å²) in [5.41, 5.74) is 2.24. The van der Waals surface area contributed by atoms with Crippen LogP contribution in [-0.4, -0.2) is 48.6 Å². The van der Waals surface area contributed by atoms with E-state index >= 15 is 0 Å². The van der Waals surface area contributed by atoms with Crippen LogP contribution in [0.25, 0.3) is 5.57 Å². The lowest BCUT2D eigenvalue weighted by Gasteiger charge is -2.33. The quantitative estimate of drug-likeness (QED) is 0.833. The third-order valence-corrected chi connectivity index (χ3v) is 5.82. The predicted octanol–water partition coefficient (Wildman–Crippen LogP) is 4.33. The lowest BCUT2D eigenvalue weighted by molar-refractivity contribution is 0.148. The number of hydrogen-bond acceptors (Lipinski definition) is 2. The van der Waals surface area contributed by atoms with E-state index in [1.807, 2.05) is 48.4 Å². The summed E-state index contributed by atoms with van der Waals surface area (Å²) in [4.78, 5) is 16.9. The highest BCUT2D eigenvalue weighted by atomic mass is 35.5. The Labute approximate surface area is 169 Å². The molecule has 1 fully saturated rings. The molecule has 0 aromatic heterocycles. The van der Waals surface area contributed by atoms with E-state index < -0.39 is 0 Å². The lowest BCUT2D eigenvalue weighted by atomic mass is 10.0. The summed E-state index contributed by atoms with van der Waals surface area (Å²) in [6, 6.07) is 14.3. The van der Waals surface area contributed by atoms with Crippen LogP contribution < -0.4 is 5.32 Å². The van der Waals surface area contributed by atoms with Crippen LogP contribution >= 0.6 is 11.6 Å². The fraction of sp³-hybridized carbons (Fsp3) is 0.318. The molecule has 4 nitrogen and oxygen atoms in total. The molecule has 2 aromatic rings. The monoisotopic (exact) mass is 399 g/mol. The standard InChI is InChI=1S/C22H23ClFN3O/c1-26(18-9-10-25-13-18)22(28)27-14-16(19-12-17(23)7-8-20(19)24)11-21(27)15-5-3-2-4-6-15/h2-8,11-12,18,21,25H,9-10,13-14H2,1H3/t18-,21+/m1/s1. The Hall–Kier alpha value is -2.37. The zero-order valence-corrected chi connectivity index (χ0v) is 16.5. The Balaban J connectivity index is 1.67. The van der Waals surface area contributed by atoms with Crippen molar-refractivity contribution in [1.82, 2.24) is 15.1 Å². The average Bonchev–Trinajstić information content (AvgIpc) is 3.39. The number of benzene rings is 2. The van der Waals surface area contributed by atoms with E-state index in [4.69, 9.17) is 11.6 Å². The molecule has 0 spiro atoms. The minimum Gasteiger partial charge on any atom is -0.323 e. The van der Waals surface area contributed by atoms with Gasteiger partial charge in [0.15, 0.2) is 0 Å². The SMILES string of the molecule is CN(C(=O)N1CC(c2cc(Cl)ccc2F)=C[C@H]1c1ccccc1)[C@@H]1CCNC1. The van der Waals surface area contributed by atoms with Gasteiger partial charge in [-0.15, -0.1) is 0 Å². The van der Waals surface area contributed by atoms with Crippen LogP contribution in [0.15, 0.2) is 54.6 Å². The molecule has 6 heteroatoms. The minimum atomic E-state index is -0.329. The highest BCUT2D eigenvalue weighted by molar-refractivity contribution is 6.30. The molecular formula is C22H23ClFN3O. The number of likely N-dealkylation sites (N-methyl/N-ethyl adjacent to an activating group) is 1. The molecule has 1 saturated heterocycles. The minimum absolute atomic E-state index is 0.0451. The Kier molecular flexibility index (Phi) is 5.38. The van der Waals surface area contributed by atoms with E-state index in [0.29, 0.717) is 17.1 Å². The average molecular weight is 400 g/mol. The smallest absolute Gasteiger partial charge is 0.321 e. The van der Waals surface area contributed by atoms with Crippen molar-refractivity contribution in [1.29, 1.82) is 0 Å². The third-order valence-electron chi connectivity index (χ3n) is 5.58. The van der Waals surface area contributed by atoms with Gasteiger partial charge < -0.3 is 15.1 Å². The van der Waals surface area contributed by atoms with Gasteiger partial charge in [-0.1, -0.05) is 48.0 Å². The highest BCUT2D eigenvalue weighted by Gasteiger charge is 2.35. The number of amides is 2. The van der Waals surface area contributed by atoms with E-state index in [9.17, 15) is 9.18 Å². The van der Waals surface area contributed by atoms with Crippen LogP contribution in [0.2, 0.25) is 5.02 Å². The van der Waals surface area contributed by atoms with Gasteiger partial charge in [0.05, 0.1) is 6.04 Å². The van der Waals surface area contributed by atoms with Crippen molar-refractivity contribution >= 4 is 23.2 Å². The summed E-state index contributed by atoms with van der Waals surface area (Å²) >= 11 is 6.09. The summed E-state index contributed by atoms with van der Waals surface area (Å²) in [5, 5.41) is 3.78. The maximum atomic E-state index is 14.5. The molecule has 146 valence electrons. The molecule has 2 amide bonds. The summed E-state index contributed by atoms with van der Waals surface area (Å²) in [6.07, 6.45) is 2.91. The molecule has 2 heterocycles. The number of carbonyl (C=O) groups excluding carboxylic acids is 1. The molecule has 0 bridgehead atoms. The van der Waals surface area contributed by atoms with Crippen molar-refractivity contribution in [3.05, 3.63) is 76.6 Å². The second kappa shape index (κ2) is 7.94. The van der Waals surface area contributed by atoms with Crippen molar-refractivity contribution in [2.24, 2.45) is 0 Å². The van der Waals surface area contributed by atoms with Gasteiger partial charge in [0, 0.05) is 36.8 Å². The van der Waals surface area contributed by atoms with Crippen LogP contribution in [0.3, 0.4) is 0 Å². The molecule has 1 N–H and O–H groups in total. The van der Waals surface area contributed by atoms with Gasteiger partial charge in [-0.2, -0.15) is 0 Å². The summed E-state index contributed by atoms with van der Waals surface area (Å²) in [7, 11) is 1.85. The van der Waals surface area contributed by atoms with Crippen LogP contribution in [0.1, 0.15) is 23.6 Å². The fourth-order valence-corrected chi connectivity index (χ4v) is 4.15. The van der Waals surface area contributed by atoms with Gasteiger partial charge >= 0.3 is 6.03 Å². The van der Waals surface area contributed by atoms with Gasteiger partial charge in [0.1, 0.15) is 5.82 Å². The van der Waals surface area contributed by atoms with E-state index in [1.165, 1.54) is 12.1 Å². The Bertz CT molecular complexity index is 896. The molecule has 2 atom stereocenters.